The van der Waals surface area contributed by atoms with Crippen LogP contribution in [0.25, 0.3) is 0 Å². The van der Waals surface area contributed by atoms with E-state index in [1.54, 1.807) is 18.8 Å². The summed E-state index contributed by atoms with van der Waals surface area (Å²) in [5.74, 6) is -0.554. The molecule has 1 atom stereocenters. The lowest BCUT2D eigenvalue weighted by molar-refractivity contribution is 0.0695. The Kier molecular flexibility index (Phi) is 5.11. The maximum Gasteiger partial charge on any atom is 0.339 e. The van der Waals surface area contributed by atoms with Crippen molar-refractivity contribution in [3.8, 4) is 0 Å². The van der Waals surface area contributed by atoms with E-state index in [0.29, 0.717) is 24.8 Å². The summed E-state index contributed by atoms with van der Waals surface area (Å²) in [4.78, 5) is 10.9. The largest absolute Gasteiger partial charge is 0.478 e. The number of nitrogens with one attached hydrogen (secondary N) is 1. The number of aromatic nitrogens is 2. The van der Waals surface area contributed by atoms with E-state index in [-0.39, 0.29) is 5.56 Å². The number of ether oxygens (including phenoxy) is 1. The van der Waals surface area contributed by atoms with Crippen molar-refractivity contribution in [2.45, 2.75) is 13.5 Å². The molecule has 1 aromatic heterocycles. The van der Waals surface area contributed by atoms with Gasteiger partial charge in [-0.25, -0.2) is 4.79 Å². The molecule has 6 nitrogen and oxygen atoms in total. The highest BCUT2D eigenvalue weighted by Crippen LogP contribution is 2.07. The van der Waals surface area contributed by atoms with Crippen molar-refractivity contribution in [3.05, 3.63) is 17.5 Å². The third kappa shape index (κ3) is 3.83. The maximum atomic E-state index is 10.9. The van der Waals surface area contributed by atoms with Crippen LogP contribution in [0.5, 0.6) is 0 Å². The number of carboxylic acid groups (broad SMARTS) is 1. The Hall–Kier alpha value is -1.40. The first kappa shape index (κ1) is 13.7. The number of nitrogens with zero attached hydrogens (tertiary/aromatic N) is 2. The van der Waals surface area contributed by atoms with Crippen molar-refractivity contribution in [1.82, 2.24) is 15.1 Å². The monoisotopic (exact) mass is 241 g/mol. The minimum atomic E-state index is -0.945. The molecule has 1 rings (SSSR count). The molecule has 17 heavy (non-hydrogen) atoms. The van der Waals surface area contributed by atoms with Crippen molar-refractivity contribution >= 4 is 5.97 Å². The summed E-state index contributed by atoms with van der Waals surface area (Å²) in [6.07, 6.45) is 1.37. The molecule has 2 N–H and O–H groups in total. The Balaban J connectivity index is 2.51. The van der Waals surface area contributed by atoms with Crippen molar-refractivity contribution in [2.24, 2.45) is 13.0 Å². The molecule has 0 saturated heterocycles. The first-order valence-corrected chi connectivity index (χ1v) is 5.50. The highest BCUT2D eigenvalue weighted by atomic mass is 16.5. The van der Waals surface area contributed by atoms with E-state index in [1.807, 2.05) is 0 Å². The predicted octanol–water partition coefficient (Wildman–Crippen LogP) is 0.490. The highest BCUT2D eigenvalue weighted by Gasteiger charge is 2.14. The molecule has 0 radical (unpaired) electrons. The summed E-state index contributed by atoms with van der Waals surface area (Å²) in [7, 11) is 3.40. The lowest BCUT2D eigenvalue weighted by Gasteiger charge is -2.11. The first-order valence-electron chi connectivity index (χ1n) is 5.50. The number of methoxy groups -OCH3 is 1. The van der Waals surface area contributed by atoms with Crippen molar-refractivity contribution in [1.29, 1.82) is 0 Å². The van der Waals surface area contributed by atoms with Crippen LogP contribution in [0.15, 0.2) is 6.20 Å². The molecular weight excluding hydrogens is 222 g/mol. The van der Waals surface area contributed by atoms with Gasteiger partial charge < -0.3 is 15.2 Å². The number of rotatable bonds is 7. The van der Waals surface area contributed by atoms with Gasteiger partial charge >= 0.3 is 5.97 Å². The van der Waals surface area contributed by atoms with E-state index in [2.05, 4.69) is 17.3 Å². The van der Waals surface area contributed by atoms with Gasteiger partial charge in [-0.1, -0.05) is 6.92 Å². The topological polar surface area (TPSA) is 76.4 Å². The Morgan fingerprint density at radius 3 is 3.00 bits per heavy atom. The van der Waals surface area contributed by atoms with Crippen LogP contribution < -0.4 is 5.32 Å². The van der Waals surface area contributed by atoms with Gasteiger partial charge in [0.15, 0.2) is 0 Å². The summed E-state index contributed by atoms with van der Waals surface area (Å²) in [5.41, 5.74) is 0.932. The number of hydrogen-bond donors (Lipinski definition) is 2. The quantitative estimate of drug-likeness (QED) is 0.726. The molecule has 0 aliphatic rings. The number of hydrogen-bond acceptors (Lipinski definition) is 4. The Morgan fingerprint density at radius 2 is 2.41 bits per heavy atom. The highest BCUT2D eigenvalue weighted by molar-refractivity contribution is 5.88. The molecule has 0 amide bonds. The van der Waals surface area contributed by atoms with Crippen LogP contribution in [-0.2, 0) is 18.3 Å². The van der Waals surface area contributed by atoms with Crippen LogP contribution in [0, 0.1) is 5.92 Å². The molecule has 1 unspecified atom stereocenters. The zero-order valence-corrected chi connectivity index (χ0v) is 10.4. The van der Waals surface area contributed by atoms with E-state index in [9.17, 15) is 4.79 Å². The molecule has 0 fully saturated rings. The zero-order chi connectivity index (χ0) is 12.8. The fourth-order valence-electron chi connectivity index (χ4n) is 1.63. The lowest BCUT2D eigenvalue weighted by atomic mass is 10.2. The predicted molar refractivity (Wildman–Crippen MR) is 62.9 cm³/mol. The third-order valence-electron chi connectivity index (χ3n) is 2.53. The van der Waals surface area contributed by atoms with E-state index >= 15 is 0 Å². The van der Waals surface area contributed by atoms with E-state index in [0.717, 1.165) is 6.54 Å². The summed E-state index contributed by atoms with van der Waals surface area (Å²) in [6, 6.07) is 0. The maximum absolute atomic E-state index is 10.9. The Morgan fingerprint density at radius 1 is 1.71 bits per heavy atom. The number of carboxylic acids is 1. The van der Waals surface area contributed by atoms with Gasteiger partial charge in [0.2, 0.25) is 0 Å². The number of aromatic carboxylic acids is 1. The molecule has 0 aliphatic heterocycles. The normalized spacial score (nSPS) is 12.6. The van der Waals surface area contributed by atoms with E-state index < -0.39 is 5.97 Å². The van der Waals surface area contributed by atoms with Crippen LogP contribution in [0.4, 0.5) is 0 Å². The molecule has 0 bridgehead atoms. The van der Waals surface area contributed by atoms with Gasteiger partial charge in [0.05, 0.1) is 11.9 Å². The zero-order valence-electron chi connectivity index (χ0n) is 10.4. The SMILES string of the molecule is COCC(C)CNCc1c(C(=O)O)cnn1C. The minimum absolute atomic E-state index is 0.249. The van der Waals surface area contributed by atoms with Gasteiger partial charge in [0.25, 0.3) is 0 Å². The summed E-state index contributed by atoms with van der Waals surface area (Å²) < 4.78 is 6.61. The van der Waals surface area contributed by atoms with Crippen molar-refractivity contribution in [3.63, 3.8) is 0 Å². The van der Waals surface area contributed by atoms with Gasteiger partial charge in [0, 0.05) is 33.9 Å². The van der Waals surface area contributed by atoms with Crippen LogP contribution in [0.2, 0.25) is 0 Å². The minimum Gasteiger partial charge on any atom is -0.478 e. The summed E-state index contributed by atoms with van der Waals surface area (Å²) >= 11 is 0. The standard InChI is InChI=1S/C11H19N3O3/c1-8(7-17-3)4-12-6-10-9(11(15)16)5-13-14(10)2/h5,8,12H,4,6-7H2,1-3H3,(H,15,16). The van der Waals surface area contributed by atoms with Crippen molar-refractivity contribution < 1.29 is 14.6 Å². The molecule has 0 spiro atoms. The van der Waals surface area contributed by atoms with Gasteiger partial charge in [-0.15, -0.1) is 0 Å². The van der Waals surface area contributed by atoms with Crippen LogP contribution in [0.1, 0.15) is 23.0 Å². The second-order valence-electron chi connectivity index (χ2n) is 4.13. The molecular formula is C11H19N3O3. The fourth-order valence-corrected chi connectivity index (χ4v) is 1.63. The van der Waals surface area contributed by atoms with Gasteiger partial charge in [0.1, 0.15) is 5.56 Å². The van der Waals surface area contributed by atoms with Crippen LogP contribution >= 0.6 is 0 Å². The average molecular weight is 241 g/mol. The fraction of sp³-hybridized carbons (Fsp3) is 0.636. The second-order valence-corrected chi connectivity index (χ2v) is 4.13. The third-order valence-corrected chi connectivity index (χ3v) is 2.53. The van der Waals surface area contributed by atoms with Gasteiger partial charge in [-0.2, -0.15) is 5.10 Å². The molecule has 0 aromatic carbocycles. The summed E-state index contributed by atoms with van der Waals surface area (Å²) in [5, 5.41) is 16.1. The van der Waals surface area contributed by atoms with Crippen molar-refractivity contribution in [2.75, 3.05) is 20.3 Å². The Bertz CT molecular complexity index is 376. The average Bonchev–Trinajstić information content (AvgIpc) is 2.61. The molecule has 96 valence electrons. The molecule has 0 saturated carbocycles. The van der Waals surface area contributed by atoms with Gasteiger partial charge in [-0.3, -0.25) is 4.68 Å². The van der Waals surface area contributed by atoms with Gasteiger partial charge in [-0.05, 0) is 5.92 Å². The lowest BCUT2D eigenvalue weighted by Crippen LogP contribution is -2.25. The second kappa shape index (κ2) is 6.36. The van der Waals surface area contributed by atoms with E-state index in [1.165, 1.54) is 6.20 Å². The molecule has 0 aliphatic carbocycles. The molecule has 1 aromatic rings. The molecule has 1 heterocycles. The smallest absolute Gasteiger partial charge is 0.339 e. The van der Waals surface area contributed by atoms with E-state index in [4.69, 9.17) is 9.84 Å². The van der Waals surface area contributed by atoms with Crippen LogP contribution in [-0.4, -0.2) is 41.1 Å². The van der Waals surface area contributed by atoms with Crippen LogP contribution in [0.3, 0.4) is 0 Å². The summed E-state index contributed by atoms with van der Waals surface area (Å²) in [6.45, 7) is 4.02. The Labute approximate surface area is 101 Å². The number of carbonyl (C=O) groups is 1. The first-order chi connectivity index (χ1) is 8.06. The number of aryl methyl sites for hydroxylation is 1. The molecule has 6 heteroatoms.